The Hall–Kier alpha value is -3.18. The molecule has 1 aromatic heterocycles. The van der Waals surface area contributed by atoms with E-state index in [0.717, 1.165) is 63.7 Å². The fourth-order valence-corrected chi connectivity index (χ4v) is 4.49. The maximum Gasteiger partial charge on any atom is 0.260 e. The van der Waals surface area contributed by atoms with Gasteiger partial charge in [0.2, 0.25) is 0 Å². The quantitative estimate of drug-likeness (QED) is 0.330. The summed E-state index contributed by atoms with van der Waals surface area (Å²) in [5, 5.41) is 1.11. The van der Waals surface area contributed by atoms with Crippen molar-refractivity contribution in [1.29, 1.82) is 0 Å². The molecule has 0 atom stereocenters. The van der Waals surface area contributed by atoms with E-state index in [2.05, 4.69) is 52.3 Å². The average Bonchev–Trinajstić information content (AvgIpc) is 3.38. The fourth-order valence-electron chi connectivity index (χ4n) is 4.13. The lowest BCUT2D eigenvalue weighted by Crippen LogP contribution is -2.32. The van der Waals surface area contributed by atoms with Gasteiger partial charge >= 0.3 is 0 Å². The van der Waals surface area contributed by atoms with Crippen LogP contribution in [0.4, 0.5) is 0 Å². The highest BCUT2D eigenvalue weighted by Crippen LogP contribution is 2.34. The number of likely N-dealkylation sites (tertiary alicyclic amines) is 1. The first-order chi connectivity index (χ1) is 15.7. The van der Waals surface area contributed by atoms with Gasteiger partial charge in [-0.3, -0.25) is 4.79 Å². The van der Waals surface area contributed by atoms with Gasteiger partial charge in [-0.2, -0.15) is 0 Å². The van der Waals surface area contributed by atoms with Crippen LogP contribution >= 0.6 is 15.9 Å². The number of aromatic nitrogens is 1. The third kappa shape index (κ3) is 4.39. The van der Waals surface area contributed by atoms with E-state index in [9.17, 15) is 4.79 Å². The normalized spacial score (nSPS) is 13.5. The zero-order valence-electron chi connectivity index (χ0n) is 17.6. The molecule has 3 aromatic carbocycles. The molecule has 5 rings (SSSR count). The zero-order valence-corrected chi connectivity index (χ0v) is 19.2. The summed E-state index contributed by atoms with van der Waals surface area (Å²) in [5.41, 5.74) is 5.15. The number of nitrogens with zero attached hydrogens (tertiary/aromatic N) is 2. The first-order valence-corrected chi connectivity index (χ1v) is 11.6. The molecule has 5 heteroatoms. The summed E-state index contributed by atoms with van der Waals surface area (Å²) in [6.07, 6.45) is 2.17. The topological polar surface area (TPSA) is 42.4 Å². The first kappa shape index (κ1) is 20.7. The highest BCUT2D eigenvalue weighted by Gasteiger charge is 2.18. The van der Waals surface area contributed by atoms with E-state index >= 15 is 0 Å². The van der Waals surface area contributed by atoms with Crippen LogP contribution in [0.1, 0.15) is 12.8 Å². The Bertz CT molecular complexity index is 1250. The molecule has 32 heavy (non-hydrogen) atoms. The molecule has 0 aliphatic carbocycles. The maximum atomic E-state index is 12.2. The van der Waals surface area contributed by atoms with Crippen LogP contribution in [0.25, 0.3) is 33.3 Å². The Kier molecular flexibility index (Phi) is 5.91. The Morgan fingerprint density at radius 2 is 1.66 bits per heavy atom. The number of hydrogen-bond donors (Lipinski definition) is 0. The van der Waals surface area contributed by atoms with E-state index in [4.69, 9.17) is 9.72 Å². The largest absolute Gasteiger partial charge is 0.484 e. The van der Waals surface area contributed by atoms with E-state index in [-0.39, 0.29) is 12.5 Å². The summed E-state index contributed by atoms with van der Waals surface area (Å²) in [4.78, 5) is 19.0. The van der Waals surface area contributed by atoms with Crippen molar-refractivity contribution < 1.29 is 9.53 Å². The summed E-state index contributed by atoms with van der Waals surface area (Å²) in [7, 11) is 0. The Morgan fingerprint density at radius 1 is 0.906 bits per heavy atom. The number of rotatable bonds is 5. The van der Waals surface area contributed by atoms with Crippen LogP contribution in [0.15, 0.2) is 83.3 Å². The highest BCUT2D eigenvalue weighted by atomic mass is 79.9. The number of benzene rings is 3. The lowest BCUT2D eigenvalue weighted by atomic mass is 9.98. The summed E-state index contributed by atoms with van der Waals surface area (Å²) >= 11 is 3.59. The second-order valence-electron chi connectivity index (χ2n) is 7.98. The number of carbonyl (C=O) groups is 1. The van der Waals surface area contributed by atoms with Crippen LogP contribution < -0.4 is 4.74 Å². The predicted octanol–water partition coefficient (Wildman–Crippen LogP) is 6.33. The second kappa shape index (κ2) is 9.13. The van der Waals surface area contributed by atoms with Gasteiger partial charge < -0.3 is 9.64 Å². The van der Waals surface area contributed by atoms with Gasteiger partial charge in [-0.15, -0.1) is 0 Å². The second-order valence-corrected chi connectivity index (χ2v) is 8.90. The van der Waals surface area contributed by atoms with Crippen molar-refractivity contribution in [2.75, 3.05) is 19.7 Å². The van der Waals surface area contributed by atoms with Crippen LogP contribution in [-0.4, -0.2) is 35.5 Å². The van der Waals surface area contributed by atoms with Gasteiger partial charge in [0.15, 0.2) is 6.61 Å². The predicted molar refractivity (Wildman–Crippen MR) is 132 cm³/mol. The van der Waals surface area contributed by atoms with Crippen LogP contribution in [0, 0.1) is 0 Å². The molecule has 1 saturated heterocycles. The molecular formula is C27H23BrN2O2. The monoisotopic (exact) mass is 486 g/mol. The number of pyridine rings is 1. The summed E-state index contributed by atoms with van der Waals surface area (Å²) in [5.74, 6) is 0.746. The molecule has 0 spiro atoms. The Labute approximate surface area is 196 Å². The smallest absolute Gasteiger partial charge is 0.260 e. The van der Waals surface area contributed by atoms with Gasteiger partial charge in [0, 0.05) is 28.5 Å². The third-order valence-corrected chi connectivity index (χ3v) is 6.32. The van der Waals surface area contributed by atoms with Crippen molar-refractivity contribution >= 4 is 32.7 Å². The SMILES string of the molecule is O=C(COc1ccc(-c2cc(-c3ccccc3)c3cc(Br)ccc3n2)cc1)N1CCCC1. The summed E-state index contributed by atoms with van der Waals surface area (Å²) < 4.78 is 6.76. The maximum absolute atomic E-state index is 12.2. The third-order valence-electron chi connectivity index (χ3n) is 5.83. The van der Waals surface area contributed by atoms with Crippen molar-refractivity contribution in [2.45, 2.75) is 12.8 Å². The number of ether oxygens (including phenoxy) is 1. The molecule has 1 fully saturated rings. The van der Waals surface area contributed by atoms with Gasteiger partial charge in [0.1, 0.15) is 5.75 Å². The van der Waals surface area contributed by atoms with Crippen molar-refractivity contribution in [3.63, 3.8) is 0 Å². The van der Waals surface area contributed by atoms with E-state index in [0.29, 0.717) is 5.75 Å². The summed E-state index contributed by atoms with van der Waals surface area (Å²) in [6, 6.07) is 26.5. The van der Waals surface area contributed by atoms with Gasteiger partial charge in [-0.25, -0.2) is 4.98 Å². The van der Waals surface area contributed by atoms with Gasteiger partial charge in [-0.05, 0) is 72.5 Å². The number of carbonyl (C=O) groups excluding carboxylic acids is 1. The molecule has 0 saturated carbocycles. The molecule has 0 radical (unpaired) electrons. The van der Waals surface area contributed by atoms with Crippen LogP contribution in [0.3, 0.4) is 0 Å². The Balaban J connectivity index is 1.43. The molecule has 0 N–H and O–H groups in total. The highest BCUT2D eigenvalue weighted by molar-refractivity contribution is 9.10. The lowest BCUT2D eigenvalue weighted by Gasteiger charge is -2.15. The molecule has 1 aliphatic heterocycles. The molecule has 0 unspecified atom stereocenters. The van der Waals surface area contributed by atoms with Crippen molar-refractivity contribution in [3.05, 3.63) is 83.3 Å². The number of amides is 1. The van der Waals surface area contributed by atoms with Crippen molar-refractivity contribution in [2.24, 2.45) is 0 Å². The molecular weight excluding hydrogens is 464 g/mol. The van der Waals surface area contributed by atoms with E-state index in [1.54, 1.807) is 0 Å². The minimum absolute atomic E-state index is 0.0569. The number of hydrogen-bond acceptors (Lipinski definition) is 3. The first-order valence-electron chi connectivity index (χ1n) is 10.8. The van der Waals surface area contributed by atoms with Crippen molar-refractivity contribution in [1.82, 2.24) is 9.88 Å². The van der Waals surface area contributed by atoms with Crippen LogP contribution in [-0.2, 0) is 4.79 Å². The molecule has 4 nitrogen and oxygen atoms in total. The van der Waals surface area contributed by atoms with E-state index in [1.165, 1.54) is 0 Å². The van der Waals surface area contributed by atoms with Crippen molar-refractivity contribution in [3.8, 4) is 28.1 Å². The molecule has 4 aromatic rings. The summed E-state index contributed by atoms with van der Waals surface area (Å²) in [6.45, 7) is 1.77. The zero-order chi connectivity index (χ0) is 21.9. The van der Waals surface area contributed by atoms with E-state index < -0.39 is 0 Å². The fraction of sp³-hybridized carbons (Fsp3) is 0.185. The van der Waals surface area contributed by atoms with Gasteiger partial charge in [-0.1, -0.05) is 46.3 Å². The molecule has 2 heterocycles. The number of fused-ring (bicyclic) bond motifs is 1. The van der Waals surface area contributed by atoms with Gasteiger partial charge in [0.05, 0.1) is 11.2 Å². The van der Waals surface area contributed by atoms with Crippen LogP contribution in [0.5, 0.6) is 5.75 Å². The molecule has 1 amide bonds. The lowest BCUT2D eigenvalue weighted by molar-refractivity contribution is -0.132. The molecule has 1 aliphatic rings. The minimum Gasteiger partial charge on any atom is -0.484 e. The van der Waals surface area contributed by atoms with Crippen LogP contribution in [0.2, 0.25) is 0 Å². The van der Waals surface area contributed by atoms with Gasteiger partial charge in [0.25, 0.3) is 5.91 Å². The molecule has 160 valence electrons. The minimum atomic E-state index is 0.0569. The average molecular weight is 487 g/mol. The standard InChI is InChI=1S/C27H23BrN2O2/c28-21-10-13-25-24(16-21)23(19-6-2-1-3-7-19)17-26(29-25)20-8-11-22(12-9-20)32-18-27(31)30-14-4-5-15-30/h1-3,6-13,16-17H,4-5,14-15,18H2. The molecule has 0 bridgehead atoms. The Morgan fingerprint density at radius 3 is 2.41 bits per heavy atom. The van der Waals surface area contributed by atoms with E-state index in [1.807, 2.05) is 47.4 Å². The number of halogens is 1.